The highest BCUT2D eigenvalue weighted by Crippen LogP contribution is 2.26. The van der Waals surface area contributed by atoms with E-state index in [9.17, 15) is 26.7 Å². The number of rotatable bonds is 8. The molecule has 0 saturated carbocycles. The highest BCUT2D eigenvalue weighted by atomic mass is 19.3. The van der Waals surface area contributed by atoms with Gasteiger partial charge in [-0.25, -0.2) is 32.2 Å². The number of hydrogen-bond acceptors (Lipinski definition) is 7. The molecule has 0 fully saturated rings. The zero-order chi connectivity index (χ0) is 24.9. The van der Waals surface area contributed by atoms with E-state index < -0.39 is 30.3 Å². The van der Waals surface area contributed by atoms with Crippen LogP contribution in [0.4, 0.5) is 39.3 Å². The van der Waals surface area contributed by atoms with Crippen molar-refractivity contribution >= 4 is 23.2 Å². The average molecular weight is 491 g/mol. The Hall–Kier alpha value is -4.62. The molecule has 2 N–H and O–H groups in total. The van der Waals surface area contributed by atoms with Crippen LogP contribution in [0.3, 0.4) is 0 Å². The summed E-state index contributed by atoms with van der Waals surface area (Å²) in [6.45, 7) is 0. The summed E-state index contributed by atoms with van der Waals surface area (Å²) in [5.41, 5.74) is -0.127. The van der Waals surface area contributed by atoms with Crippen LogP contribution in [-0.4, -0.2) is 43.4 Å². The summed E-state index contributed by atoms with van der Waals surface area (Å²) in [6, 6.07) is 5.28. The average Bonchev–Trinajstić information content (AvgIpc) is 3.30. The maximum atomic E-state index is 14.0. The molecule has 9 nitrogen and oxygen atoms in total. The zero-order valence-corrected chi connectivity index (χ0v) is 17.4. The number of anilines is 3. The lowest BCUT2D eigenvalue weighted by molar-refractivity contribution is -0.0665. The molecule has 0 bridgehead atoms. The summed E-state index contributed by atoms with van der Waals surface area (Å²) in [4.78, 5) is 24.4. The van der Waals surface area contributed by atoms with Crippen LogP contribution in [0.2, 0.25) is 0 Å². The maximum Gasteiger partial charge on any atom is 0.304 e. The number of benzene rings is 1. The Morgan fingerprint density at radius 3 is 2.69 bits per heavy atom. The molecule has 180 valence electrons. The van der Waals surface area contributed by atoms with Crippen LogP contribution in [0.1, 0.15) is 10.5 Å². The molecule has 35 heavy (non-hydrogen) atoms. The summed E-state index contributed by atoms with van der Waals surface area (Å²) in [5, 5.41) is 9.07. The predicted molar refractivity (Wildman–Crippen MR) is 113 cm³/mol. The van der Waals surface area contributed by atoms with Gasteiger partial charge in [-0.15, -0.1) is 0 Å². The number of carbonyl (C=O) groups is 1. The Balaban J connectivity index is 1.48. The fourth-order valence-corrected chi connectivity index (χ4v) is 2.79. The third-order valence-corrected chi connectivity index (χ3v) is 4.35. The minimum atomic E-state index is -3.39. The van der Waals surface area contributed by atoms with Crippen LogP contribution in [0.15, 0.2) is 61.3 Å². The Bertz CT molecular complexity index is 1350. The fraction of sp³-hybridized carbons (Fsp3) is 0.0952. The lowest BCUT2D eigenvalue weighted by Crippen LogP contribution is -2.21. The van der Waals surface area contributed by atoms with Gasteiger partial charge < -0.3 is 15.4 Å². The van der Waals surface area contributed by atoms with Crippen LogP contribution in [0.5, 0.6) is 5.75 Å². The SMILES string of the molecule is O=C(Nc1cnccc1OC(F)C(F)F)c1ccnc(Nc2cnn(-c3cc(F)ccc3F)c2)n1. The second-order valence-corrected chi connectivity index (χ2v) is 6.79. The van der Waals surface area contributed by atoms with Gasteiger partial charge in [0.25, 0.3) is 12.3 Å². The zero-order valence-electron chi connectivity index (χ0n) is 17.4. The van der Waals surface area contributed by atoms with Crippen molar-refractivity contribution in [2.45, 2.75) is 12.8 Å². The molecule has 1 aromatic carbocycles. The van der Waals surface area contributed by atoms with Crippen LogP contribution >= 0.6 is 0 Å². The van der Waals surface area contributed by atoms with Crippen molar-refractivity contribution in [3.63, 3.8) is 0 Å². The summed E-state index contributed by atoms with van der Waals surface area (Å²) in [7, 11) is 0. The minimum Gasteiger partial charge on any atom is -0.452 e. The van der Waals surface area contributed by atoms with E-state index >= 15 is 0 Å². The van der Waals surface area contributed by atoms with Crippen molar-refractivity contribution in [3.8, 4) is 11.4 Å². The van der Waals surface area contributed by atoms with E-state index in [-0.39, 0.29) is 28.8 Å². The van der Waals surface area contributed by atoms with Crippen molar-refractivity contribution in [2.75, 3.05) is 10.6 Å². The van der Waals surface area contributed by atoms with Gasteiger partial charge in [0.2, 0.25) is 5.95 Å². The van der Waals surface area contributed by atoms with Crippen molar-refractivity contribution < 1.29 is 31.5 Å². The summed E-state index contributed by atoms with van der Waals surface area (Å²) in [5.74, 6) is -2.53. The minimum absolute atomic E-state index is 0.0407. The Labute approximate surface area is 193 Å². The maximum absolute atomic E-state index is 14.0. The molecular weight excluding hydrogens is 477 g/mol. The van der Waals surface area contributed by atoms with Crippen molar-refractivity contribution in [3.05, 3.63) is 78.6 Å². The number of hydrogen-bond donors (Lipinski definition) is 2. The molecule has 0 aliphatic carbocycles. The first kappa shape index (κ1) is 23.5. The number of carbonyl (C=O) groups excluding carboxylic acids is 1. The Morgan fingerprint density at radius 2 is 1.89 bits per heavy atom. The van der Waals surface area contributed by atoms with Crippen molar-refractivity contribution in [2.24, 2.45) is 0 Å². The number of halogens is 5. The van der Waals surface area contributed by atoms with Gasteiger partial charge in [0.05, 0.1) is 24.3 Å². The van der Waals surface area contributed by atoms with Gasteiger partial charge in [-0.3, -0.25) is 9.78 Å². The van der Waals surface area contributed by atoms with Gasteiger partial charge in [-0.1, -0.05) is 0 Å². The predicted octanol–water partition coefficient (Wildman–Crippen LogP) is 4.27. The summed E-state index contributed by atoms with van der Waals surface area (Å²) >= 11 is 0. The molecule has 1 amide bonds. The van der Waals surface area contributed by atoms with Crippen LogP contribution < -0.4 is 15.4 Å². The third kappa shape index (κ3) is 5.66. The van der Waals surface area contributed by atoms with Gasteiger partial charge in [-0.05, 0) is 18.2 Å². The number of nitrogens with one attached hydrogen (secondary N) is 2. The standard InChI is InChI=1S/C21H14F5N7O2/c22-11-1-2-13(23)16(7-11)33-10-12(8-29-33)30-21-28-6-3-14(32-21)20(34)31-15-9-27-5-4-17(15)35-19(26)18(24)25/h1-10,18-19H,(H,31,34)(H,28,30,32). The molecule has 3 heterocycles. The molecular formula is C21H14F5N7O2. The number of alkyl halides is 3. The quantitative estimate of drug-likeness (QED) is 0.355. The number of ether oxygens (including phenoxy) is 1. The van der Waals surface area contributed by atoms with Gasteiger partial charge in [0, 0.05) is 24.5 Å². The largest absolute Gasteiger partial charge is 0.452 e. The molecule has 1 unspecified atom stereocenters. The molecule has 14 heteroatoms. The normalized spacial score (nSPS) is 11.8. The summed E-state index contributed by atoms with van der Waals surface area (Å²) < 4.78 is 71.2. The molecule has 4 aromatic rings. The second kappa shape index (κ2) is 10.1. The van der Waals surface area contributed by atoms with E-state index in [1.54, 1.807) is 0 Å². The first-order valence-corrected chi connectivity index (χ1v) is 9.74. The lowest BCUT2D eigenvalue weighted by Gasteiger charge is -2.14. The number of pyridine rings is 1. The smallest absolute Gasteiger partial charge is 0.304 e. The van der Waals surface area contributed by atoms with Gasteiger partial charge in [0.15, 0.2) is 0 Å². The van der Waals surface area contributed by atoms with Gasteiger partial charge in [0.1, 0.15) is 34.5 Å². The first-order chi connectivity index (χ1) is 16.8. The molecule has 0 aliphatic heterocycles. The number of aromatic nitrogens is 5. The third-order valence-electron chi connectivity index (χ3n) is 4.35. The highest BCUT2D eigenvalue weighted by molar-refractivity contribution is 6.03. The monoisotopic (exact) mass is 491 g/mol. The Kier molecular flexibility index (Phi) is 6.80. The molecule has 0 spiro atoms. The van der Waals surface area contributed by atoms with Gasteiger partial charge >= 0.3 is 6.43 Å². The second-order valence-electron chi connectivity index (χ2n) is 6.79. The molecule has 4 rings (SSSR count). The van der Waals surface area contributed by atoms with Crippen molar-refractivity contribution in [1.29, 1.82) is 0 Å². The van der Waals surface area contributed by atoms with E-state index in [4.69, 9.17) is 0 Å². The molecule has 0 radical (unpaired) electrons. The lowest BCUT2D eigenvalue weighted by atomic mass is 10.3. The molecule has 3 aromatic heterocycles. The Morgan fingerprint density at radius 1 is 1.06 bits per heavy atom. The molecule has 1 atom stereocenters. The van der Waals surface area contributed by atoms with E-state index in [2.05, 4.69) is 35.4 Å². The van der Waals surface area contributed by atoms with Crippen LogP contribution in [-0.2, 0) is 0 Å². The fourth-order valence-electron chi connectivity index (χ4n) is 2.79. The van der Waals surface area contributed by atoms with Crippen molar-refractivity contribution in [1.82, 2.24) is 24.7 Å². The first-order valence-electron chi connectivity index (χ1n) is 9.74. The van der Waals surface area contributed by atoms with E-state index in [1.165, 1.54) is 30.9 Å². The van der Waals surface area contributed by atoms with Gasteiger partial charge in [-0.2, -0.15) is 9.49 Å². The summed E-state index contributed by atoms with van der Waals surface area (Å²) in [6.07, 6.45) is -0.110. The number of nitrogens with zero attached hydrogens (tertiary/aromatic N) is 5. The topological polar surface area (TPSA) is 107 Å². The molecule has 0 saturated heterocycles. The molecule has 0 aliphatic rings. The van der Waals surface area contributed by atoms with Crippen LogP contribution in [0.25, 0.3) is 5.69 Å². The van der Waals surface area contributed by atoms with E-state index in [0.29, 0.717) is 5.69 Å². The highest BCUT2D eigenvalue weighted by Gasteiger charge is 2.23. The number of amides is 1. The van der Waals surface area contributed by atoms with Crippen LogP contribution in [0, 0.1) is 11.6 Å². The van der Waals surface area contributed by atoms with E-state index in [0.717, 1.165) is 35.1 Å². The van der Waals surface area contributed by atoms with E-state index in [1.807, 2.05) is 0 Å².